The maximum Gasteiger partial charge on any atom is 0.233 e. The van der Waals surface area contributed by atoms with Crippen LogP contribution in [0.3, 0.4) is 0 Å². The van der Waals surface area contributed by atoms with Crippen LogP contribution in [0.4, 0.5) is 5.69 Å². The summed E-state index contributed by atoms with van der Waals surface area (Å²) < 4.78 is 32.1. The maximum absolute atomic E-state index is 11.9. The Morgan fingerprint density at radius 2 is 2.05 bits per heavy atom. The van der Waals surface area contributed by atoms with Crippen LogP contribution in [0.5, 0.6) is 5.75 Å². The number of hydrogen-bond acceptors (Lipinski definition) is 4. The quantitative estimate of drug-likeness (QED) is 0.790. The summed E-state index contributed by atoms with van der Waals surface area (Å²) in [5.41, 5.74) is 0.490. The van der Waals surface area contributed by atoms with Gasteiger partial charge in [0.25, 0.3) is 0 Å². The smallest absolute Gasteiger partial charge is 0.233 e. The highest BCUT2D eigenvalue weighted by Gasteiger charge is 2.11. The van der Waals surface area contributed by atoms with E-state index in [0.29, 0.717) is 18.0 Å². The first-order chi connectivity index (χ1) is 8.84. The van der Waals surface area contributed by atoms with E-state index in [4.69, 9.17) is 4.74 Å². The van der Waals surface area contributed by atoms with Gasteiger partial charge in [-0.15, -0.1) is 0 Å². The number of nitrogens with one attached hydrogen (secondary N) is 2. The Balaban J connectivity index is 2.67. The van der Waals surface area contributed by atoms with Crippen molar-refractivity contribution in [3.8, 4) is 5.75 Å². The predicted molar refractivity (Wildman–Crippen MR) is 81.2 cm³/mol. The Morgan fingerprint density at radius 3 is 2.63 bits per heavy atom. The fourth-order valence-electron chi connectivity index (χ4n) is 1.44. The molecule has 0 fully saturated rings. The molecule has 0 bridgehead atoms. The van der Waals surface area contributed by atoms with Gasteiger partial charge < -0.3 is 10.1 Å². The second kappa shape index (κ2) is 7.12. The fraction of sp³-hybridized carbons (Fsp3) is 0.500. The molecule has 19 heavy (non-hydrogen) atoms. The summed E-state index contributed by atoms with van der Waals surface area (Å²) in [6, 6.07) is 5.32. The third-order valence-electron chi connectivity index (χ3n) is 2.35. The van der Waals surface area contributed by atoms with Gasteiger partial charge in [-0.05, 0) is 28.1 Å². The van der Waals surface area contributed by atoms with Crippen LogP contribution in [0.25, 0.3) is 0 Å². The van der Waals surface area contributed by atoms with Gasteiger partial charge in [0.2, 0.25) is 10.0 Å². The molecule has 1 rings (SSSR count). The number of sulfonamides is 1. The number of benzene rings is 1. The molecule has 0 amide bonds. The average Bonchev–Trinajstić information content (AvgIpc) is 2.30. The van der Waals surface area contributed by atoms with Crippen molar-refractivity contribution in [1.82, 2.24) is 5.32 Å². The van der Waals surface area contributed by atoms with Gasteiger partial charge >= 0.3 is 0 Å². The number of halogens is 1. The van der Waals surface area contributed by atoms with Crippen molar-refractivity contribution in [2.45, 2.75) is 19.9 Å². The minimum atomic E-state index is -3.35. The molecule has 0 unspecified atom stereocenters. The number of ether oxygens (including phenoxy) is 1. The monoisotopic (exact) mass is 350 g/mol. The highest BCUT2D eigenvalue weighted by Crippen LogP contribution is 2.28. The van der Waals surface area contributed by atoms with Crippen LogP contribution in [-0.4, -0.2) is 33.9 Å². The number of hydrogen-bond donors (Lipinski definition) is 2. The zero-order chi connectivity index (χ0) is 14.5. The summed E-state index contributed by atoms with van der Waals surface area (Å²) in [5, 5.41) is 3.07. The van der Waals surface area contributed by atoms with Gasteiger partial charge in [0.1, 0.15) is 5.75 Å². The molecular formula is C12H19BrN2O3S. The molecule has 5 nitrogen and oxygen atoms in total. The molecule has 0 saturated carbocycles. The van der Waals surface area contributed by atoms with Crippen molar-refractivity contribution in [2.24, 2.45) is 0 Å². The molecule has 0 aliphatic carbocycles. The van der Waals surface area contributed by atoms with Gasteiger partial charge in [-0.1, -0.05) is 13.8 Å². The van der Waals surface area contributed by atoms with Crippen molar-refractivity contribution in [1.29, 1.82) is 0 Å². The zero-order valence-electron chi connectivity index (χ0n) is 11.2. The molecule has 0 saturated heterocycles. The van der Waals surface area contributed by atoms with E-state index >= 15 is 0 Å². The number of methoxy groups -OCH3 is 1. The summed E-state index contributed by atoms with van der Waals surface area (Å²) in [6.07, 6.45) is 0. The third kappa shape index (κ3) is 5.80. The molecule has 1 aromatic rings. The van der Waals surface area contributed by atoms with Gasteiger partial charge in [0, 0.05) is 18.7 Å². The second-order valence-corrected chi connectivity index (χ2v) is 7.08. The molecule has 0 aliphatic heterocycles. The van der Waals surface area contributed by atoms with Crippen LogP contribution in [0.1, 0.15) is 13.8 Å². The maximum atomic E-state index is 11.9. The lowest BCUT2D eigenvalue weighted by molar-refractivity contribution is 0.412. The standard InChI is InChI=1S/C12H19BrN2O3S/c1-9(2)14-6-7-19(16,17)15-10-4-5-11(13)12(8-10)18-3/h4-5,8-9,14-15H,6-7H2,1-3H3. The van der Waals surface area contributed by atoms with E-state index in [1.807, 2.05) is 13.8 Å². The lowest BCUT2D eigenvalue weighted by atomic mass is 10.3. The summed E-state index contributed by atoms with van der Waals surface area (Å²) in [7, 11) is -1.82. The summed E-state index contributed by atoms with van der Waals surface area (Å²) in [6.45, 7) is 4.36. The van der Waals surface area contributed by atoms with Gasteiger partial charge in [0.15, 0.2) is 0 Å². The van der Waals surface area contributed by atoms with Crippen LogP contribution in [-0.2, 0) is 10.0 Å². The van der Waals surface area contributed by atoms with Crippen LogP contribution >= 0.6 is 15.9 Å². The molecular weight excluding hydrogens is 332 g/mol. The topological polar surface area (TPSA) is 67.4 Å². The lowest BCUT2D eigenvalue weighted by Gasteiger charge is -2.11. The Bertz CT molecular complexity index is 518. The normalized spacial score (nSPS) is 11.6. The molecule has 0 aromatic heterocycles. The van der Waals surface area contributed by atoms with E-state index < -0.39 is 10.0 Å². The van der Waals surface area contributed by atoms with Gasteiger partial charge in [0.05, 0.1) is 23.0 Å². The fourth-order valence-corrected chi connectivity index (χ4v) is 2.82. The van der Waals surface area contributed by atoms with E-state index in [1.165, 1.54) is 7.11 Å². The first-order valence-electron chi connectivity index (χ1n) is 5.91. The van der Waals surface area contributed by atoms with Crippen LogP contribution in [0.15, 0.2) is 22.7 Å². The highest BCUT2D eigenvalue weighted by atomic mass is 79.9. The number of anilines is 1. The number of rotatable bonds is 7. The molecule has 0 radical (unpaired) electrons. The average molecular weight is 351 g/mol. The molecule has 2 N–H and O–H groups in total. The minimum Gasteiger partial charge on any atom is -0.495 e. The van der Waals surface area contributed by atoms with Crippen molar-refractivity contribution >= 4 is 31.6 Å². The Labute approximate surface area is 122 Å². The highest BCUT2D eigenvalue weighted by molar-refractivity contribution is 9.10. The Kier molecular flexibility index (Phi) is 6.09. The minimum absolute atomic E-state index is 0.0313. The van der Waals surface area contributed by atoms with E-state index in [-0.39, 0.29) is 11.8 Å². The first kappa shape index (κ1) is 16.3. The summed E-state index contributed by atoms with van der Waals surface area (Å²) in [4.78, 5) is 0. The predicted octanol–water partition coefficient (Wildman–Crippen LogP) is 2.20. The molecule has 7 heteroatoms. The second-order valence-electron chi connectivity index (χ2n) is 4.38. The van der Waals surface area contributed by atoms with Crippen molar-refractivity contribution in [3.63, 3.8) is 0 Å². The van der Waals surface area contributed by atoms with Gasteiger partial charge in [-0.2, -0.15) is 0 Å². The van der Waals surface area contributed by atoms with E-state index in [2.05, 4.69) is 26.0 Å². The Hall–Kier alpha value is -0.790. The summed E-state index contributed by atoms with van der Waals surface area (Å²) >= 11 is 3.32. The molecule has 1 aromatic carbocycles. The van der Waals surface area contributed by atoms with E-state index in [0.717, 1.165) is 4.47 Å². The molecule has 108 valence electrons. The van der Waals surface area contributed by atoms with Crippen LogP contribution < -0.4 is 14.8 Å². The van der Waals surface area contributed by atoms with E-state index in [1.54, 1.807) is 18.2 Å². The molecule has 0 aliphatic rings. The Morgan fingerprint density at radius 1 is 1.37 bits per heavy atom. The SMILES string of the molecule is COc1cc(NS(=O)(=O)CCNC(C)C)ccc1Br. The van der Waals surface area contributed by atoms with Crippen molar-refractivity contribution in [3.05, 3.63) is 22.7 Å². The zero-order valence-corrected chi connectivity index (χ0v) is 13.6. The third-order valence-corrected chi connectivity index (χ3v) is 4.29. The van der Waals surface area contributed by atoms with Crippen molar-refractivity contribution < 1.29 is 13.2 Å². The largest absolute Gasteiger partial charge is 0.495 e. The van der Waals surface area contributed by atoms with Crippen LogP contribution in [0, 0.1) is 0 Å². The van der Waals surface area contributed by atoms with E-state index in [9.17, 15) is 8.42 Å². The first-order valence-corrected chi connectivity index (χ1v) is 8.36. The van der Waals surface area contributed by atoms with Crippen molar-refractivity contribution in [2.75, 3.05) is 24.1 Å². The van der Waals surface area contributed by atoms with Crippen LogP contribution in [0.2, 0.25) is 0 Å². The lowest BCUT2D eigenvalue weighted by Crippen LogP contribution is -2.30. The van der Waals surface area contributed by atoms with Gasteiger partial charge in [-0.25, -0.2) is 8.42 Å². The molecule has 0 heterocycles. The molecule has 0 atom stereocenters. The molecule has 0 spiro atoms. The van der Waals surface area contributed by atoms with Gasteiger partial charge in [-0.3, -0.25) is 4.72 Å². The summed E-state index contributed by atoms with van der Waals surface area (Å²) in [5.74, 6) is 0.615.